The van der Waals surface area contributed by atoms with Gasteiger partial charge in [0.1, 0.15) is 0 Å². The number of ether oxygens (including phenoxy) is 2. The fraction of sp³-hybridized carbons (Fsp3) is 0.118. The summed E-state index contributed by atoms with van der Waals surface area (Å²) in [7, 11) is 2.86. The van der Waals surface area contributed by atoms with Gasteiger partial charge in [0.05, 0.1) is 35.4 Å². The SMILES string of the molecule is COc1ccc(NC(=O)C(=C2Nc3ccc([N+](=O)[O-])cc3N2)[N+](=O)[O-])cc1OC. The number of carbonyl (C=O) groups is 1. The fourth-order valence-electron chi connectivity index (χ4n) is 2.67. The molecule has 0 saturated carbocycles. The third kappa shape index (κ3) is 3.85. The summed E-state index contributed by atoms with van der Waals surface area (Å²) in [5.74, 6) is -0.449. The lowest BCUT2D eigenvalue weighted by Crippen LogP contribution is -2.24. The molecule has 0 bridgehead atoms. The van der Waals surface area contributed by atoms with E-state index in [0.29, 0.717) is 17.2 Å². The van der Waals surface area contributed by atoms with Crippen LogP contribution in [0.1, 0.15) is 0 Å². The van der Waals surface area contributed by atoms with Crippen LogP contribution in [0, 0.1) is 20.2 Å². The van der Waals surface area contributed by atoms with Crippen LogP contribution < -0.4 is 25.4 Å². The Balaban J connectivity index is 1.89. The smallest absolute Gasteiger partial charge is 0.373 e. The summed E-state index contributed by atoms with van der Waals surface area (Å²) < 4.78 is 10.2. The second-order valence-corrected chi connectivity index (χ2v) is 5.74. The van der Waals surface area contributed by atoms with Gasteiger partial charge in [0.15, 0.2) is 17.3 Å². The number of non-ortho nitro benzene ring substituents is 1. The van der Waals surface area contributed by atoms with E-state index in [2.05, 4.69) is 16.0 Å². The van der Waals surface area contributed by atoms with Crippen LogP contribution in [0.4, 0.5) is 22.7 Å². The first-order valence-corrected chi connectivity index (χ1v) is 8.08. The molecule has 3 N–H and O–H groups in total. The number of nitro benzene ring substituents is 1. The molecule has 1 amide bonds. The number of amides is 1. The summed E-state index contributed by atoms with van der Waals surface area (Å²) >= 11 is 0. The molecule has 1 aliphatic heterocycles. The predicted octanol–water partition coefficient (Wildman–Crippen LogP) is 2.53. The predicted molar refractivity (Wildman–Crippen MR) is 103 cm³/mol. The fourth-order valence-corrected chi connectivity index (χ4v) is 2.67. The minimum atomic E-state index is -1.00. The molecule has 0 spiro atoms. The first kappa shape index (κ1) is 19.4. The quantitative estimate of drug-likeness (QED) is 0.376. The summed E-state index contributed by atoms with van der Waals surface area (Å²) in [6, 6.07) is 8.32. The molecule has 150 valence electrons. The monoisotopic (exact) mass is 401 g/mol. The molecule has 29 heavy (non-hydrogen) atoms. The minimum absolute atomic E-state index is 0.197. The van der Waals surface area contributed by atoms with Crippen LogP contribution in [0.5, 0.6) is 11.5 Å². The number of fused-ring (bicyclic) bond motifs is 1. The zero-order chi connectivity index (χ0) is 21.1. The van der Waals surface area contributed by atoms with Crippen molar-refractivity contribution in [3.05, 3.63) is 68.1 Å². The number of nitro groups is 2. The third-order valence-electron chi connectivity index (χ3n) is 4.01. The number of hydrogen-bond acceptors (Lipinski definition) is 9. The Hall–Kier alpha value is -4.35. The highest BCUT2D eigenvalue weighted by molar-refractivity contribution is 6.04. The summed E-state index contributed by atoms with van der Waals surface area (Å²) in [6.45, 7) is 0. The van der Waals surface area contributed by atoms with Gasteiger partial charge in [-0.05, 0) is 18.2 Å². The van der Waals surface area contributed by atoms with Crippen LogP contribution in [-0.2, 0) is 4.79 Å². The van der Waals surface area contributed by atoms with E-state index >= 15 is 0 Å². The average Bonchev–Trinajstić information content (AvgIpc) is 3.09. The van der Waals surface area contributed by atoms with Crippen molar-refractivity contribution in [2.45, 2.75) is 0 Å². The zero-order valence-electron chi connectivity index (χ0n) is 15.2. The van der Waals surface area contributed by atoms with Gasteiger partial charge in [0.2, 0.25) is 0 Å². The number of nitrogens with zero attached hydrogens (tertiary/aromatic N) is 2. The Morgan fingerprint density at radius 2 is 1.66 bits per heavy atom. The molecule has 0 atom stereocenters. The summed E-state index contributed by atoms with van der Waals surface area (Å²) in [6.07, 6.45) is 0. The molecule has 3 rings (SSSR count). The lowest BCUT2D eigenvalue weighted by atomic mass is 10.2. The Bertz CT molecular complexity index is 1050. The number of hydrogen-bond donors (Lipinski definition) is 3. The molecule has 2 aromatic carbocycles. The zero-order valence-corrected chi connectivity index (χ0v) is 15.2. The Morgan fingerprint density at radius 1 is 0.966 bits per heavy atom. The second kappa shape index (κ2) is 7.72. The molecule has 2 aromatic rings. The molecule has 0 aromatic heterocycles. The highest BCUT2D eigenvalue weighted by atomic mass is 16.6. The van der Waals surface area contributed by atoms with Crippen LogP contribution in [0.2, 0.25) is 0 Å². The van der Waals surface area contributed by atoms with Gasteiger partial charge in [-0.25, -0.2) is 0 Å². The van der Waals surface area contributed by atoms with Crippen molar-refractivity contribution in [3.8, 4) is 11.5 Å². The summed E-state index contributed by atoms with van der Waals surface area (Å²) in [5.41, 5.74) is -0.134. The summed E-state index contributed by atoms with van der Waals surface area (Å²) in [5, 5.41) is 30.2. The highest BCUT2D eigenvalue weighted by Gasteiger charge is 2.32. The first-order chi connectivity index (χ1) is 13.8. The van der Waals surface area contributed by atoms with E-state index in [4.69, 9.17) is 9.47 Å². The number of benzene rings is 2. The van der Waals surface area contributed by atoms with Crippen molar-refractivity contribution < 1.29 is 24.1 Å². The van der Waals surface area contributed by atoms with Gasteiger partial charge in [-0.3, -0.25) is 25.0 Å². The number of anilines is 3. The first-order valence-electron chi connectivity index (χ1n) is 8.08. The van der Waals surface area contributed by atoms with Crippen molar-refractivity contribution in [1.29, 1.82) is 0 Å². The van der Waals surface area contributed by atoms with Gasteiger partial charge in [-0.1, -0.05) is 0 Å². The van der Waals surface area contributed by atoms with Crippen molar-refractivity contribution in [3.63, 3.8) is 0 Å². The average molecular weight is 401 g/mol. The molecule has 1 heterocycles. The molecule has 12 nitrogen and oxygen atoms in total. The van der Waals surface area contributed by atoms with E-state index in [-0.39, 0.29) is 22.9 Å². The van der Waals surface area contributed by atoms with Gasteiger partial charge in [-0.2, -0.15) is 0 Å². The lowest BCUT2D eigenvalue weighted by Gasteiger charge is -2.10. The molecule has 0 saturated heterocycles. The maximum atomic E-state index is 12.6. The number of rotatable bonds is 6. The largest absolute Gasteiger partial charge is 0.493 e. The van der Waals surface area contributed by atoms with E-state index in [0.717, 1.165) is 0 Å². The number of carbonyl (C=O) groups excluding carboxylic acids is 1. The normalized spacial score (nSPS) is 13.4. The van der Waals surface area contributed by atoms with E-state index in [9.17, 15) is 25.0 Å². The Labute approximate surface area is 163 Å². The van der Waals surface area contributed by atoms with Crippen molar-refractivity contribution in [2.24, 2.45) is 0 Å². The maximum Gasteiger partial charge on any atom is 0.373 e. The molecule has 12 heteroatoms. The highest BCUT2D eigenvalue weighted by Crippen LogP contribution is 2.35. The van der Waals surface area contributed by atoms with Gasteiger partial charge < -0.3 is 25.4 Å². The molecule has 0 fully saturated rings. The number of methoxy groups -OCH3 is 2. The van der Waals surface area contributed by atoms with Gasteiger partial charge >= 0.3 is 11.6 Å². The third-order valence-corrected chi connectivity index (χ3v) is 4.01. The molecular weight excluding hydrogens is 386 g/mol. The topological polar surface area (TPSA) is 158 Å². The second-order valence-electron chi connectivity index (χ2n) is 5.74. The van der Waals surface area contributed by atoms with Crippen LogP contribution in [0.15, 0.2) is 47.9 Å². The molecule has 0 radical (unpaired) electrons. The standard InChI is InChI=1S/C17H15N5O7/c1-28-13-6-3-9(7-14(13)29-2)18-17(23)15(22(26)27)16-19-11-5-4-10(21(24)25)8-12(11)20-16/h3-8,19-20H,1-2H3,(H,18,23). The Kier molecular flexibility index (Phi) is 5.17. The van der Waals surface area contributed by atoms with Crippen LogP contribution in [0.3, 0.4) is 0 Å². The van der Waals surface area contributed by atoms with Crippen LogP contribution >= 0.6 is 0 Å². The van der Waals surface area contributed by atoms with Crippen LogP contribution in [-0.4, -0.2) is 30.0 Å². The molecule has 0 aliphatic carbocycles. The van der Waals surface area contributed by atoms with Gasteiger partial charge in [0, 0.05) is 23.9 Å². The van der Waals surface area contributed by atoms with E-state index in [1.54, 1.807) is 0 Å². The van der Waals surface area contributed by atoms with E-state index < -0.39 is 21.5 Å². The summed E-state index contributed by atoms with van der Waals surface area (Å²) in [4.78, 5) is 33.5. The number of nitrogens with one attached hydrogen (secondary N) is 3. The molecule has 0 unspecified atom stereocenters. The van der Waals surface area contributed by atoms with Crippen molar-refractivity contribution >= 4 is 28.7 Å². The minimum Gasteiger partial charge on any atom is -0.493 e. The van der Waals surface area contributed by atoms with E-state index in [1.807, 2.05) is 0 Å². The molecular formula is C17H15N5O7. The van der Waals surface area contributed by atoms with Gasteiger partial charge in [0.25, 0.3) is 5.69 Å². The van der Waals surface area contributed by atoms with Gasteiger partial charge in [-0.15, -0.1) is 0 Å². The van der Waals surface area contributed by atoms with E-state index in [1.165, 1.54) is 50.6 Å². The van der Waals surface area contributed by atoms with Crippen LogP contribution in [0.25, 0.3) is 0 Å². The van der Waals surface area contributed by atoms with Crippen molar-refractivity contribution in [2.75, 3.05) is 30.2 Å². The maximum absolute atomic E-state index is 12.6. The lowest BCUT2D eigenvalue weighted by molar-refractivity contribution is -0.419. The molecule has 1 aliphatic rings. The Morgan fingerprint density at radius 3 is 2.28 bits per heavy atom. The van der Waals surface area contributed by atoms with Crippen molar-refractivity contribution in [1.82, 2.24) is 0 Å².